The van der Waals surface area contributed by atoms with Gasteiger partial charge in [-0.25, -0.2) is 0 Å². The van der Waals surface area contributed by atoms with Crippen LogP contribution in [-0.4, -0.2) is 39.5 Å². The maximum absolute atomic E-state index is 11.3. The van der Waals surface area contributed by atoms with E-state index in [4.69, 9.17) is 5.11 Å². The molecule has 0 radical (unpaired) electrons. The summed E-state index contributed by atoms with van der Waals surface area (Å²) in [5.74, 6) is -1.07. The quantitative estimate of drug-likeness (QED) is 0.681. The Balaban J connectivity index is 4.30. The molecule has 0 saturated heterocycles. The highest BCUT2D eigenvalue weighted by molar-refractivity contribution is 7.87. The number of rotatable bonds is 5. The second-order valence-corrected chi connectivity index (χ2v) is 4.83. The number of hydrogen-bond acceptors (Lipinski definition) is 3. The van der Waals surface area contributed by atoms with Gasteiger partial charge in [0.2, 0.25) is 0 Å². The van der Waals surface area contributed by atoms with Gasteiger partial charge < -0.3 is 9.84 Å². The lowest BCUT2D eigenvalue weighted by molar-refractivity contribution is -0.137. The van der Waals surface area contributed by atoms with Gasteiger partial charge in [0.25, 0.3) is 0 Å². The largest absolute Gasteiger partial charge is 0.480 e. The van der Waals surface area contributed by atoms with Gasteiger partial charge in [-0.15, -0.1) is 0 Å². The molecular weight excluding hydrogens is 180 g/mol. The van der Waals surface area contributed by atoms with Gasteiger partial charge in [0, 0.05) is 23.2 Å². The fourth-order valence-corrected chi connectivity index (χ4v) is 1.84. The molecule has 0 saturated carbocycles. The Kier molecular flexibility index (Phi) is 5.08. The summed E-state index contributed by atoms with van der Waals surface area (Å²) in [6.45, 7) is 3.45. The van der Waals surface area contributed by atoms with E-state index in [2.05, 4.69) is 4.74 Å². The van der Waals surface area contributed by atoms with Crippen molar-refractivity contribution < 1.29 is 18.8 Å². The molecule has 1 N–H and O–H groups in total. The van der Waals surface area contributed by atoms with Crippen molar-refractivity contribution in [3.63, 3.8) is 0 Å². The van der Waals surface area contributed by atoms with Crippen LogP contribution < -0.4 is 0 Å². The zero-order chi connectivity index (χ0) is 9.72. The molecule has 4 nitrogen and oxygen atoms in total. The Hall–Kier alpha value is -0.420. The highest BCUT2D eigenvalue weighted by Crippen LogP contribution is 2.04. The van der Waals surface area contributed by atoms with E-state index in [0.29, 0.717) is 0 Å². The van der Waals surface area contributed by atoms with Gasteiger partial charge in [0.15, 0.2) is 5.25 Å². The first-order chi connectivity index (χ1) is 5.50. The van der Waals surface area contributed by atoms with Crippen molar-refractivity contribution in [2.24, 2.45) is 0 Å². The molecule has 0 aromatic carbocycles. The second kappa shape index (κ2) is 5.27. The average Bonchev–Trinajstić information content (AvgIpc) is 1.98. The molecule has 72 valence electrons. The van der Waals surface area contributed by atoms with Crippen LogP contribution in [0.3, 0.4) is 0 Å². The van der Waals surface area contributed by atoms with Crippen molar-refractivity contribution in [2.75, 3.05) is 13.7 Å². The summed E-state index contributed by atoms with van der Waals surface area (Å²) in [4.78, 5) is 10.6. The third-order valence-electron chi connectivity index (χ3n) is 1.34. The summed E-state index contributed by atoms with van der Waals surface area (Å²) >= 11 is 0. The molecule has 0 aliphatic carbocycles. The monoisotopic (exact) mass is 194 g/mol. The van der Waals surface area contributed by atoms with E-state index in [1.165, 1.54) is 7.11 Å². The number of carbonyl (C=O) groups is 1. The topological polar surface area (TPSA) is 63.6 Å². The molecule has 0 bridgehead atoms. The number of hydrogen-bond donors (Lipinski definition) is 1. The fraction of sp³-hybridized carbons (Fsp3) is 0.857. The van der Waals surface area contributed by atoms with E-state index in [9.17, 15) is 9.00 Å². The molecule has 0 aliphatic rings. The molecule has 0 rings (SSSR count). The smallest absolute Gasteiger partial charge is 0.321 e. The summed E-state index contributed by atoms with van der Waals surface area (Å²) in [6, 6.07) is 0. The lowest BCUT2D eigenvalue weighted by atomic mass is 10.4. The maximum Gasteiger partial charge on any atom is 0.321 e. The number of methoxy groups -OCH3 is 1. The molecule has 0 heterocycles. The van der Waals surface area contributed by atoms with Crippen LogP contribution in [0.1, 0.15) is 13.8 Å². The molecule has 0 fully saturated rings. The van der Waals surface area contributed by atoms with Crippen LogP contribution >= 0.6 is 0 Å². The SMILES string of the molecule is COCC(C(=O)O)S(=O)C(C)C. The summed E-state index contributed by atoms with van der Waals surface area (Å²) < 4.78 is 16.0. The van der Waals surface area contributed by atoms with Crippen LogP contribution in [0.4, 0.5) is 0 Å². The number of carboxylic acids is 1. The van der Waals surface area contributed by atoms with E-state index in [-0.39, 0.29) is 11.9 Å². The molecule has 12 heavy (non-hydrogen) atoms. The van der Waals surface area contributed by atoms with Crippen LogP contribution in [0.5, 0.6) is 0 Å². The molecule has 0 aromatic rings. The van der Waals surface area contributed by atoms with Gasteiger partial charge >= 0.3 is 5.97 Å². The van der Waals surface area contributed by atoms with E-state index in [1.807, 2.05) is 0 Å². The molecule has 0 spiro atoms. The van der Waals surface area contributed by atoms with Crippen LogP contribution in [-0.2, 0) is 20.3 Å². The molecule has 5 heteroatoms. The van der Waals surface area contributed by atoms with Gasteiger partial charge in [0.1, 0.15) is 0 Å². The average molecular weight is 194 g/mol. The van der Waals surface area contributed by atoms with Crippen LogP contribution in [0, 0.1) is 0 Å². The number of carboxylic acid groups (broad SMARTS) is 1. The van der Waals surface area contributed by atoms with E-state index in [0.717, 1.165) is 0 Å². The highest BCUT2D eigenvalue weighted by Gasteiger charge is 2.26. The number of aliphatic carboxylic acids is 1. The first-order valence-electron chi connectivity index (χ1n) is 3.61. The molecule has 2 unspecified atom stereocenters. The van der Waals surface area contributed by atoms with Crippen LogP contribution in [0.25, 0.3) is 0 Å². The fourth-order valence-electron chi connectivity index (χ4n) is 0.718. The van der Waals surface area contributed by atoms with Crippen molar-refractivity contribution in [1.29, 1.82) is 0 Å². The lowest BCUT2D eigenvalue weighted by Gasteiger charge is -2.13. The standard InChI is InChI=1S/C7H14O4S/c1-5(2)12(10)6(4-11-3)7(8)9/h5-6H,4H2,1-3H3,(H,8,9). The highest BCUT2D eigenvalue weighted by atomic mass is 32.2. The van der Waals surface area contributed by atoms with Gasteiger partial charge in [-0.2, -0.15) is 0 Å². The van der Waals surface area contributed by atoms with Gasteiger partial charge in [-0.1, -0.05) is 13.8 Å². The summed E-state index contributed by atoms with van der Waals surface area (Å²) in [5, 5.41) is 7.59. The molecule has 2 atom stereocenters. The van der Waals surface area contributed by atoms with E-state index in [1.54, 1.807) is 13.8 Å². The Morgan fingerprint density at radius 2 is 2.08 bits per heavy atom. The molecular formula is C7H14O4S. The summed E-state index contributed by atoms with van der Waals surface area (Å²) in [6.07, 6.45) is 0. The summed E-state index contributed by atoms with van der Waals surface area (Å²) in [5.41, 5.74) is 0. The molecule has 0 aliphatic heterocycles. The van der Waals surface area contributed by atoms with E-state index < -0.39 is 22.0 Å². The maximum atomic E-state index is 11.3. The van der Waals surface area contributed by atoms with Crippen molar-refractivity contribution >= 4 is 16.8 Å². The van der Waals surface area contributed by atoms with Crippen molar-refractivity contribution in [1.82, 2.24) is 0 Å². The predicted octanol–water partition coefficient (Wildman–Crippen LogP) is 0.243. The Bertz CT molecular complexity index is 178. The second-order valence-electron chi connectivity index (χ2n) is 2.66. The van der Waals surface area contributed by atoms with Crippen LogP contribution in [0.2, 0.25) is 0 Å². The third-order valence-corrected chi connectivity index (χ3v) is 3.17. The Labute approximate surface area is 74.4 Å². The third kappa shape index (κ3) is 3.32. The van der Waals surface area contributed by atoms with Gasteiger partial charge in [0.05, 0.1) is 6.61 Å². The zero-order valence-electron chi connectivity index (χ0n) is 7.44. The lowest BCUT2D eigenvalue weighted by Crippen LogP contribution is -2.34. The zero-order valence-corrected chi connectivity index (χ0v) is 8.26. The Morgan fingerprint density at radius 3 is 2.33 bits per heavy atom. The molecule has 0 amide bonds. The minimum absolute atomic E-state index is 0.000123. The van der Waals surface area contributed by atoms with Crippen molar-refractivity contribution in [2.45, 2.75) is 24.3 Å². The normalized spacial score (nSPS) is 16.0. The first kappa shape index (κ1) is 11.6. The Morgan fingerprint density at radius 1 is 1.58 bits per heavy atom. The van der Waals surface area contributed by atoms with Crippen molar-refractivity contribution in [3.05, 3.63) is 0 Å². The van der Waals surface area contributed by atoms with E-state index >= 15 is 0 Å². The van der Waals surface area contributed by atoms with Crippen molar-refractivity contribution in [3.8, 4) is 0 Å². The minimum Gasteiger partial charge on any atom is -0.480 e. The molecule has 0 aromatic heterocycles. The van der Waals surface area contributed by atoms with Gasteiger partial charge in [-0.05, 0) is 0 Å². The first-order valence-corrected chi connectivity index (χ1v) is 4.89. The van der Waals surface area contributed by atoms with Gasteiger partial charge in [-0.3, -0.25) is 9.00 Å². The minimum atomic E-state index is -1.36. The number of ether oxygens (including phenoxy) is 1. The van der Waals surface area contributed by atoms with Crippen LogP contribution in [0.15, 0.2) is 0 Å². The summed E-state index contributed by atoms with van der Waals surface area (Å²) in [7, 11) is 0.0322. The predicted molar refractivity (Wildman–Crippen MR) is 46.6 cm³/mol.